The van der Waals surface area contributed by atoms with Gasteiger partial charge >= 0.3 is 0 Å². The molecule has 102 valence electrons. The summed E-state index contributed by atoms with van der Waals surface area (Å²) in [5.74, 6) is 2.78. The average Bonchev–Trinajstić information content (AvgIpc) is 3.02. The summed E-state index contributed by atoms with van der Waals surface area (Å²) >= 11 is 1.76. The van der Waals surface area contributed by atoms with Crippen molar-refractivity contribution in [2.75, 3.05) is 5.75 Å². The van der Waals surface area contributed by atoms with Crippen LogP contribution in [0.25, 0.3) is 0 Å². The van der Waals surface area contributed by atoms with E-state index in [2.05, 4.69) is 17.4 Å². The Kier molecular flexibility index (Phi) is 4.12. The summed E-state index contributed by atoms with van der Waals surface area (Å²) < 4.78 is 0. The highest BCUT2D eigenvalue weighted by atomic mass is 32.2. The maximum absolute atomic E-state index is 11.9. The van der Waals surface area contributed by atoms with Crippen LogP contribution in [0.4, 0.5) is 0 Å². The quantitative estimate of drug-likeness (QED) is 0.834. The molecule has 3 unspecified atom stereocenters. The number of carbonyl (C=O) groups excluding carboxylic acids is 1. The van der Waals surface area contributed by atoms with Gasteiger partial charge in [-0.1, -0.05) is 24.6 Å². The first-order chi connectivity index (χ1) is 9.31. The third-order valence-corrected chi connectivity index (χ3v) is 5.44. The molecule has 2 saturated carbocycles. The number of hydrogen-bond acceptors (Lipinski definition) is 2. The maximum atomic E-state index is 11.9. The third kappa shape index (κ3) is 3.33. The Hall–Kier alpha value is -0.960. The molecule has 19 heavy (non-hydrogen) atoms. The average molecular weight is 275 g/mol. The van der Waals surface area contributed by atoms with Gasteiger partial charge in [0, 0.05) is 23.1 Å². The predicted molar refractivity (Wildman–Crippen MR) is 79.2 cm³/mol. The summed E-state index contributed by atoms with van der Waals surface area (Å²) in [6, 6.07) is 10.8. The Morgan fingerprint density at radius 3 is 2.74 bits per heavy atom. The number of carbonyl (C=O) groups is 1. The number of benzene rings is 1. The van der Waals surface area contributed by atoms with Gasteiger partial charge in [-0.15, -0.1) is 11.8 Å². The summed E-state index contributed by atoms with van der Waals surface area (Å²) in [7, 11) is 0. The van der Waals surface area contributed by atoms with E-state index in [1.54, 1.807) is 11.8 Å². The zero-order valence-corrected chi connectivity index (χ0v) is 12.0. The van der Waals surface area contributed by atoms with Crippen molar-refractivity contribution >= 4 is 17.7 Å². The van der Waals surface area contributed by atoms with Crippen molar-refractivity contribution < 1.29 is 4.79 Å². The molecular formula is C16H21NOS. The van der Waals surface area contributed by atoms with Crippen molar-refractivity contribution in [2.24, 2.45) is 11.8 Å². The zero-order chi connectivity index (χ0) is 13.1. The smallest absolute Gasteiger partial charge is 0.221 e. The molecule has 2 bridgehead atoms. The van der Waals surface area contributed by atoms with E-state index in [9.17, 15) is 4.79 Å². The number of thioether (sulfide) groups is 1. The van der Waals surface area contributed by atoms with E-state index < -0.39 is 0 Å². The van der Waals surface area contributed by atoms with E-state index in [1.807, 2.05) is 18.2 Å². The molecule has 3 rings (SSSR count). The van der Waals surface area contributed by atoms with E-state index in [0.717, 1.165) is 17.6 Å². The largest absolute Gasteiger partial charge is 0.353 e. The Morgan fingerprint density at radius 2 is 2.05 bits per heavy atom. The molecule has 1 aromatic carbocycles. The molecule has 3 heteroatoms. The van der Waals surface area contributed by atoms with Gasteiger partial charge in [-0.05, 0) is 43.2 Å². The van der Waals surface area contributed by atoms with E-state index in [0.29, 0.717) is 12.5 Å². The monoisotopic (exact) mass is 275 g/mol. The molecule has 0 aromatic heterocycles. The summed E-state index contributed by atoms with van der Waals surface area (Å²) in [6.07, 6.45) is 5.93. The second kappa shape index (κ2) is 6.00. The van der Waals surface area contributed by atoms with Gasteiger partial charge in [0.25, 0.3) is 0 Å². The summed E-state index contributed by atoms with van der Waals surface area (Å²) in [5.41, 5.74) is 0. The molecule has 3 atom stereocenters. The van der Waals surface area contributed by atoms with E-state index >= 15 is 0 Å². The van der Waals surface area contributed by atoms with Crippen molar-refractivity contribution in [1.82, 2.24) is 5.32 Å². The lowest BCUT2D eigenvalue weighted by atomic mass is 9.95. The third-order valence-electron chi connectivity index (χ3n) is 4.43. The van der Waals surface area contributed by atoms with Crippen molar-refractivity contribution in [1.29, 1.82) is 0 Å². The second-order valence-electron chi connectivity index (χ2n) is 5.76. The Bertz CT molecular complexity index is 434. The first kappa shape index (κ1) is 13.0. The van der Waals surface area contributed by atoms with Gasteiger partial charge < -0.3 is 5.32 Å². The molecule has 1 amide bonds. The summed E-state index contributed by atoms with van der Waals surface area (Å²) in [5, 5.41) is 3.24. The molecule has 0 aliphatic heterocycles. The summed E-state index contributed by atoms with van der Waals surface area (Å²) in [4.78, 5) is 13.2. The SMILES string of the molecule is O=C(CCSc1ccccc1)NC1CC2CCC1C2. The van der Waals surface area contributed by atoms with Crippen molar-refractivity contribution in [2.45, 2.75) is 43.0 Å². The fourth-order valence-corrected chi connectivity index (χ4v) is 4.35. The standard InChI is InChI=1S/C16H21NOS/c18-16(8-9-19-14-4-2-1-3-5-14)17-15-11-12-6-7-13(15)10-12/h1-5,12-13,15H,6-11H2,(H,17,18). The molecule has 0 radical (unpaired) electrons. The molecule has 2 nitrogen and oxygen atoms in total. The van der Waals surface area contributed by atoms with Crippen LogP contribution in [-0.2, 0) is 4.79 Å². The van der Waals surface area contributed by atoms with Crippen molar-refractivity contribution in [3.05, 3.63) is 30.3 Å². The van der Waals surface area contributed by atoms with Gasteiger partial charge in [-0.25, -0.2) is 0 Å². The zero-order valence-electron chi connectivity index (χ0n) is 11.2. The van der Waals surface area contributed by atoms with Crippen LogP contribution in [0.1, 0.15) is 32.1 Å². The topological polar surface area (TPSA) is 29.1 Å². The van der Waals surface area contributed by atoms with Crippen LogP contribution in [0.5, 0.6) is 0 Å². The first-order valence-electron chi connectivity index (χ1n) is 7.28. The molecule has 2 aliphatic carbocycles. The molecule has 2 fully saturated rings. The van der Waals surface area contributed by atoms with Crippen molar-refractivity contribution in [3.8, 4) is 0 Å². The molecule has 1 aromatic rings. The van der Waals surface area contributed by atoms with Crippen LogP contribution < -0.4 is 5.32 Å². The lowest BCUT2D eigenvalue weighted by molar-refractivity contribution is -0.121. The first-order valence-corrected chi connectivity index (χ1v) is 8.27. The number of amides is 1. The number of hydrogen-bond donors (Lipinski definition) is 1. The Morgan fingerprint density at radius 1 is 1.21 bits per heavy atom. The molecule has 2 aliphatic rings. The highest BCUT2D eigenvalue weighted by molar-refractivity contribution is 7.99. The number of nitrogens with one attached hydrogen (secondary N) is 1. The Labute approximate surface area is 119 Å². The van der Waals surface area contributed by atoms with Crippen LogP contribution in [0.3, 0.4) is 0 Å². The van der Waals surface area contributed by atoms with Crippen LogP contribution in [0, 0.1) is 11.8 Å². The van der Waals surface area contributed by atoms with Crippen molar-refractivity contribution in [3.63, 3.8) is 0 Å². The fourth-order valence-electron chi connectivity index (χ4n) is 3.48. The van der Waals surface area contributed by atoms with Crippen LogP contribution in [-0.4, -0.2) is 17.7 Å². The second-order valence-corrected chi connectivity index (χ2v) is 6.93. The highest BCUT2D eigenvalue weighted by Crippen LogP contribution is 2.44. The fraction of sp³-hybridized carbons (Fsp3) is 0.562. The molecule has 0 heterocycles. The molecule has 1 N–H and O–H groups in total. The molecule has 0 spiro atoms. The van der Waals surface area contributed by atoms with E-state index in [1.165, 1.54) is 30.6 Å². The van der Waals surface area contributed by atoms with Crippen LogP contribution in [0.15, 0.2) is 35.2 Å². The highest BCUT2D eigenvalue weighted by Gasteiger charge is 2.39. The van der Waals surface area contributed by atoms with Gasteiger partial charge in [0.2, 0.25) is 5.91 Å². The lowest BCUT2D eigenvalue weighted by Gasteiger charge is -2.22. The molecule has 0 saturated heterocycles. The van der Waals surface area contributed by atoms with Gasteiger partial charge in [0.15, 0.2) is 0 Å². The van der Waals surface area contributed by atoms with Gasteiger partial charge in [-0.2, -0.15) is 0 Å². The predicted octanol–water partition coefficient (Wildman–Crippen LogP) is 3.47. The van der Waals surface area contributed by atoms with Gasteiger partial charge in [-0.3, -0.25) is 4.79 Å². The molecular weight excluding hydrogens is 254 g/mol. The normalized spacial score (nSPS) is 28.5. The van der Waals surface area contributed by atoms with Crippen LogP contribution in [0.2, 0.25) is 0 Å². The minimum atomic E-state index is 0.237. The van der Waals surface area contributed by atoms with Gasteiger partial charge in [0.05, 0.1) is 0 Å². The number of rotatable bonds is 5. The summed E-state index contributed by atoms with van der Waals surface area (Å²) in [6.45, 7) is 0. The lowest BCUT2D eigenvalue weighted by Crippen LogP contribution is -2.38. The minimum Gasteiger partial charge on any atom is -0.353 e. The van der Waals surface area contributed by atoms with E-state index in [4.69, 9.17) is 0 Å². The number of fused-ring (bicyclic) bond motifs is 2. The maximum Gasteiger partial charge on any atom is 0.221 e. The minimum absolute atomic E-state index is 0.237. The van der Waals surface area contributed by atoms with Crippen LogP contribution >= 0.6 is 11.8 Å². The Balaban J connectivity index is 1.38. The van der Waals surface area contributed by atoms with E-state index in [-0.39, 0.29) is 5.91 Å². The van der Waals surface area contributed by atoms with Gasteiger partial charge in [0.1, 0.15) is 0 Å².